The van der Waals surface area contributed by atoms with Crippen LogP contribution in [0.4, 0.5) is 0 Å². The van der Waals surface area contributed by atoms with Crippen LogP contribution in [0.3, 0.4) is 0 Å². The van der Waals surface area contributed by atoms with E-state index in [0.29, 0.717) is 31.2 Å². The van der Waals surface area contributed by atoms with Crippen LogP contribution in [-0.4, -0.2) is 73.8 Å². The van der Waals surface area contributed by atoms with Crippen molar-refractivity contribution in [2.24, 2.45) is 16.5 Å². The SMILES string of the molecule is Cc1cc(S(=O)(=O)C2CCC2)c(S(C)(=O)=O)cc1C(=O)Cl.Cc1cc(S(=O)(=O)C2CCC2)c(S(C)(=O)=O)cc1C(=O)N=C(N)N. The quantitative estimate of drug-likeness (QED) is 0.227. The van der Waals surface area contributed by atoms with Gasteiger partial charge in [-0.2, -0.15) is 4.99 Å². The molecule has 2 aliphatic rings. The first-order valence-electron chi connectivity index (χ1n) is 13.5. The molecule has 13 nitrogen and oxygen atoms in total. The van der Waals surface area contributed by atoms with Gasteiger partial charge < -0.3 is 11.5 Å². The second kappa shape index (κ2) is 13.1. The van der Waals surface area contributed by atoms with Crippen molar-refractivity contribution in [2.45, 2.75) is 82.5 Å². The third-order valence-electron chi connectivity index (χ3n) is 7.65. The van der Waals surface area contributed by atoms with Crippen LogP contribution in [0, 0.1) is 13.8 Å². The number of carbonyl (C=O) groups is 2. The molecule has 0 radical (unpaired) electrons. The van der Waals surface area contributed by atoms with Crippen LogP contribution in [0.1, 0.15) is 70.4 Å². The fourth-order valence-electron chi connectivity index (χ4n) is 4.69. The third-order valence-corrected chi connectivity index (χ3v) is 15.0. The van der Waals surface area contributed by atoms with Crippen LogP contribution in [0.5, 0.6) is 0 Å². The lowest BCUT2D eigenvalue weighted by atomic mass is 10.00. The number of nitrogens with zero attached hydrogens (tertiary/aromatic N) is 1. The number of halogens is 1. The molecule has 0 saturated heterocycles. The first-order valence-corrected chi connectivity index (χ1v) is 20.8. The first-order chi connectivity index (χ1) is 20.5. The molecule has 4 rings (SSSR count). The zero-order valence-electron chi connectivity index (χ0n) is 24.9. The van der Waals surface area contributed by atoms with Gasteiger partial charge in [-0.25, -0.2) is 33.7 Å². The Kier molecular flexibility index (Phi) is 10.7. The third kappa shape index (κ3) is 7.93. The Hall–Kier alpha value is -2.86. The second-order valence-electron chi connectivity index (χ2n) is 11.1. The molecule has 248 valence electrons. The minimum Gasteiger partial charge on any atom is -0.370 e. The molecule has 2 aromatic carbocycles. The summed E-state index contributed by atoms with van der Waals surface area (Å²) >= 11 is 5.41. The van der Waals surface area contributed by atoms with Crippen molar-refractivity contribution in [2.75, 3.05) is 12.5 Å². The molecule has 0 aromatic heterocycles. The summed E-state index contributed by atoms with van der Waals surface area (Å²) in [5.41, 5.74) is 10.9. The highest BCUT2D eigenvalue weighted by Gasteiger charge is 2.38. The molecule has 0 bridgehead atoms. The van der Waals surface area contributed by atoms with E-state index < -0.39 is 71.9 Å². The van der Waals surface area contributed by atoms with Gasteiger partial charge >= 0.3 is 0 Å². The lowest BCUT2D eigenvalue weighted by Crippen LogP contribution is -2.30. The number of rotatable bonds is 8. The Labute approximate surface area is 268 Å². The molecule has 4 N–H and O–H groups in total. The summed E-state index contributed by atoms with van der Waals surface area (Å²) in [4.78, 5) is 25.5. The molecule has 0 aliphatic heterocycles. The lowest BCUT2D eigenvalue weighted by Gasteiger charge is -2.26. The average Bonchev–Trinajstić information content (AvgIpc) is 2.79. The summed E-state index contributed by atoms with van der Waals surface area (Å²) in [6.07, 6.45) is 5.47. The van der Waals surface area contributed by atoms with E-state index >= 15 is 0 Å². The van der Waals surface area contributed by atoms with E-state index in [9.17, 15) is 43.3 Å². The molecular weight excluding hydrogens is 690 g/mol. The van der Waals surface area contributed by atoms with Crippen LogP contribution in [-0.2, 0) is 39.3 Å². The minimum atomic E-state index is -3.88. The van der Waals surface area contributed by atoms with Gasteiger partial charge in [0.1, 0.15) is 0 Å². The van der Waals surface area contributed by atoms with Crippen LogP contribution >= 0.6 is 11.6 Å². The number of amides is 1. The molecule has 0 unspecified atom stereocenters. The summed E-state index contributed by atoms with van der Waals surface area (Å²) in [5, 5.41) is -1.95. The molecule has 2 saturated carbocycles. The summed E-state index contributed by atoms with van der Waals surface area (Å²) in [6.45, 7) is 3.03. The summed E-state index contributed by atoms with van der Waals surface area (Å²) < 4.78 is 98.4. The molecule has 45 heavy (non-hydrogen) atoms. The Balaban J connectivity index is 0.000000248. The van der Waals surface area contributed by atoms with E-state index in [4.69, 9.17) is 23.1 Å². The summed E-state index contributed by atoms with van der Waals surface area (Å²) in [6, 6.07) is 4.54. The number of hydrogen-bond acceptors (Lipinski definition) is 10. The van der Waals surface area contributed by atoms with Crippen molar-refractivity contribution in [3.63, 3.8) is 0 Å². The van der Waals surface area contributed by atoms with E-state index in [2.05, 4.69) is 4.99 Å². The number of nitrogens with two attached hydrogens (primary N) is 2. The molecule has 18 heteroatoms. The van der Waals surface area contributed by atoms with Gasteiger partial charge in [0, 0.05) is 23.6 Å². The van der Waals surface area contributed by atoms with Gasteiger partial charge in [0.05, 0.1) is 30.1 Å². The van der Waals surface area contributed by atoms with Gasteiger partial charge in [-0.1, -0.05) is 12.8 Å². The van der Waals surface area contributed by atoms with Crippen LogP contribution < -0.4 is 11.5 Å². The van der Waals surface area contributed by atoms with E-state index in [-0.39, 0.29) is 31.4 Å². The first kappa shape index (κ1) is 36.6. The number of sulfone groups is 4. The predicted molar refractivity (Wildman–Crippen MR) is 169 cm³/mol. The van der Waals surface area contributed by atoms with E-state index in [1.807, 2.05) is 0 Å². The van der Waals surface area contributed by atoms with E-state index in [1.54, 1.807) is 0 Å². The van der Waals surface area contributed by atoms with E-state index in [1.165, 1.54) is 26.0 Å². The van der Waals surface area contributed by atoms with Gasteiger partial charge in [-0.3, -0.25) is 9.59 Å². The van der Waals surface area contributed by atoms with Crippen molar-refractivity contribution < 1.29 is 43.3 Å². The molecule has 2 aromatic rings. The Morgan fingerprint density at radius 1 is 0.667 bits per heavy atom. The maximum atomic E-state index is 12.7. The van der Waals surface area contributed by atoms with Crippen LogP contribution in [0.15, 0.2) is 48.8 Å². The van der Waals surface area contributed by atoms with Crippen molar-refractivity contribution in [3.05, 3.63) is 46.5 Å². The molecule has 0 heterocycles. The van der Waals surface area contributed by atoms with Crippen molar-refractivity contribution in [1.29, 1.82) is 0 Å². The Morgan fingerprint density at radius 3 is 1.31 bits per heavy atom. The standard InChI is InChI=1S/C14H19N3O5S2.C13H15ClO5S2/c1-8-6-12(24(21,22)9-4-3-5-9)11(23(2,19)20)7-10(8)13(18)17-14(15)16;1-8-6-12(21(18,19)9-4-3-5-9)11(20(2,16)17)7-10(8)13(14)15/h6-7,9H,3-5H2,1-2H3,(H4,15,16,17,18);6-7,9H,3-5H2,1-2H3. The lowest BCUT2D eigenvalue weighted by molar-refractivity contribution is 0.100. The van der Waals surface area contributed by atoms with Gasteiger partial charge in [0.25, 0.3) is 11.1 Å². The Bertz CT molecular complexity index is 2030. The van der Waals surface area contributed by atoms with Gasteiger partial charge in [0.2, 0.25) is 0 Å². The molecule has 2 fully saturated rings. The highest BCUT2D eigenvalue weighted by molar-refractivity contribution is 7.95. The number of carbonyl (C=O) groups excluding carboxylic acids is 2. The fourth-order valence-corrected chi connectivity index (χ4v) is 12.0. The van der Waals surface area contributed by atoms with E-state index in [0.717, 1.165) is 37.5 Å². The smallest absolute Gasteiger partial charge is 0.280 e. The molecule has 0 atom stereocenters. The fraction of sp³-hybridized carbons (Fsp3) is 0.444. The predicted octanol–water partition coefficient (Wildman–Crippen LogP) is 2.24. The van der Waals surface area contributed by atoms with Gasteiger partial charge in [-0.05, 0) is 86.5 Å². The average molecular weight is 724 g/mol. The van der Waals surface area contributed by atoms with Crippen molar-refractivity contribution >= 4 is 68.1 Å². The molecule has 2 aliphatic carbocycles. The second-order valence-corrected chi connectivity index (χ2v) is 19.8. The number of benzene rings is 2. The summed E-state index contributed by atoms with van der Waals surface area (Å²) in [5.74, 6) is -1.29. The summed E-state index contributed by atoms with van der Waals surface area (Å²) in [7, 11) is -15.2. The Morgan fingerprint density at radius 2 is 1.02 bits per heavy atom. The number of hydrogen-bond donors (Lipinski definition) is 2. The topological polar surface area (TPSA) is 235 Å². The largest absolute Gasteiger partial charge is 0.370 e. The number of aryl methyl sites for hydroxylation is 2. The van der Waals surface area contributed by atoms with Crippen LogP contribution in [0.2, 0.25) is 0 Å². The van der Waals surface area contributed by atoms with Gasteiger partial charge in [-0.15, -0.1) is 0 Å². The zero-order valence-corrected chi connectivity index (χ0v) is 28.9. The molecule has 1 amide bonds. The maximum absolute atomic E-state index is 12.7. The highest BCUT2D eigenvalue weighted by Crippen LogP contribution is 2.37. The molecule has 0 spiro atoms. The minimum absolute atomic E-state index is 0.00431. The van der Waals surface area contributed by atoms with Crippen LogP contribution in [0.25, 0.3) is 0 Å². The molecular formula is C27H34ClN3O10S4. The van der Waals surface area contributed by atoms with Gasteiger partial charge in [0.15, 0.2) is 45.3 Å². The van der Waals surface area contributed by atoms with Crippen molar-refractivity contribution in [3.8, 4) is 0 Å². The highest BCUT2D eigenvalue weighted by atomic mass is 35.5. The normalized spacial score (nSPS) is 16.0. The number of guanidine groups is 1. The monoisotopic (exact) mass is 723 g/mol. The number of aliphatic imine (C=N–C) groups is 1. The maximum Gasteiger partial charge on any atom is 0.280 e. The van der Waals surface area contributed by atoms with Crippen molar-refractivity contribution in [1.82, 2.24) is 0 Å². The zero-order chi connectivity index (χ0) is 34.3.